The van der Waals surface area contributed by atoms with Crippen molar-refractivity contribution in [2.24, 2.45) is 0 Å². The molecule has 0 fully saturated rings. The number of nitrogens with one attached hydrogen (secondary N) is 1. The molecule has 0 saturated heterocycles. The van der Waals surface area contributed by atoms with Crippen LogP contribution in [0.15, 0.2) is 35.0 Å². The van der Waals surface area contributed by atoms with Crippen LogP contribution >= 0.6 is 0 Å². The van der Waals surface area contributed by atoms with Gasteiger partial charge in [0.25, 0.3) is 5.91 Å². The zero-order valence-electron chi connectivity index (χ0n) is 13.4. The lowest BCUT2D eigenvalue weighted by molar-refractivity contribution is 0.0766. The van der Waals surface area contributed by atoms with Crippen molar-refractivity contribution in [2.45, 2.75) is 13.3 Å². The highest BCUT2D eigenvalue weighted by Gasteiger charge is 2.21. The molecule has 0 spiro atoms. The van der Waals surface area contributed by atoms with Gasteiger partial charge in [0, 0.05) is 36.8 Å². The number of amides is 1. The molecule has 0 bridgehead atoms. The first-order valence-electron chi connectivity index (χ1n) is 7.40. The first-order chi connectivity index (χ1) is 11.1. The zero-order chi connectivity index (χ0) is 16.4. The van der Waals surface area contributed by atoms with E-state index in [1.165, 1.54) is 0 Å². The van der Waals surface area contributed by atoms with Gasteiger partial charge in [-0.2, -0.15) is 5.10 Å². The summed E-state index contributed by atoms with van der Waals surface area (Å²) in [6.45, 7) is 2.49. The predicted molar refractivity (Wildman–Crippen MR) is 86.8 cm³/mol. The largest absolute Gasteiger partial charge is 0.497 e. The van der Waals surface area contributed by atoms with Gasteiger partial charge >= 0.3 is 0 Å². The third kappa shape index (κ3) is 2.92. The van der Waals surface area contributed by atoms with Crippen LogP contribution in [0.25, 0.3) is 11.0 Å². The van der Waals surface area contributed by atoms with E-state index in [1.807, 2.05) is 25.3 Å². The molecule has 0 aliphatic carbocycles. The van der Waals surface area contributed by atoms with E-state index in [0.29, 0.717) is 23.6 Å². The van der Waals surface area contributed by atoms with E-state index in [9.17, 15) is 4.79 Å². The second kappa shape index (κ2) is 6.16. The fourth-order valence-electron chi connectivity index (χ4n) is 2.52. The maximum absolute atomic E-state index is 12.6. The number of hydrogen-bond donors (Lipinski definition) is 1. The number of nitrogens with zero attached hydrogens (tertiary/aromatic N) is 2. The molecule has 0 aliphatic rings. The van der Waals surface area contributed by atoms with Gasteiger partial charge in [-0.3, -0.25) is 9.89 Å². The Morgan fingerprint density at radius 2 is 2.26 bits per heavy atom. The number of carbonyl (C=O) groups excluding carboxylic acids is 1. The molecule has 2 aromatic heterocycles. The quantitative estimate of drug-likeness (QED) is 0.786. The molecule has 3 aromatic rings. The van der Waals surface area contributed by atoms with E-state index >= 15 is 0 Å². The van der Waals surface area contributed by atoms with Crippen LogP contribution in [0.1, 0.15) is 21.7 Å². The van der Waals surface area contributed by atoms with Gasteiger partial charge in [-0.1, -0.05) is 0 Å². The van der Waals surface area contributed by atoms with Crippen molar-refractivity contribution in [2.75, 3.05) is 20.7 Å². The fraction of sp³-hybridized carbons (Fsp3) is 0.294. The molecule has 0 unspecified atom stereocenters. The molecule has 6 heteroatoms. The maximum atomic E-state index is 12.6. The SMILES string of the molecule is COc1ccc2c(C)c(C(=O)N(C)CCc3cn[nH]c3)oc2c1. The summed E-state index contributed by atoms with van der Waals surface area (Å²) in [6, 6.07) is 5.57. The van der Waals surface area contributed by atoms with Gasteiger partial charge in [0.05, 0.1) is 13.3 Å². The summed E-state index contributed by atoms with van der Waals surface area (Å²) in [5, 5.41) is 7.60. The molecular weight excluding hydrogens is 294 g/mol. The lowest BCUT2D eigenvalue weighted by Gasteiger charge is -2.15. The van der Waals surface area contributed by atoms with Gasteiger partial charge in [-0.05, 0) is 31.0 Å². The Bertz CT molecular complexity index is 821. The number of furan rings is 1. The molecule has 0 radical (unpaired) electrons. The molecular formula is C17H19N3O3. The number of ether oxygens (including phenoxy) is 1. The van der Waals surface area contributed by atoms with E-state index in [0.717, 1.165) is 22.9 Å². The molecule has 1 aromatic carbocycles. The molecule has 120 valence electrons. The van der Waals surface area contributed by atoms with Crippen molar-refractivity contribution < 1.29 is 13.9 Å². The predicted octanol–water partition coefficient (Wildman–Crippen LogP) is 2.79. The van der Waals surface area contributed by atoms with Crippen molar-refractivity contribution in [3.63, 3.8) is 0 Å². The minimum absolute atomic E-state index is 0.124. The monoisotopic (exact) mass is 313 g/mol. The van der Waals surface area contributed by atoms with Crippen molar-refractivity contribution in [3.05, 3.63) is 47.5 Å². The number of benzene rings is 1. The number of aromatic nitrogens is 2. The lowest BCUT2D eigenvalue weighted by Crippen LogP contribution is -2.28. The number of carbonyl (C=O) groups is 1. The van der Waals surface area contributed by atoms with E-state index in [-0.39, 0.29) is 5.91 Å². The van der Waals surface area contributed by atoms with Crippen molar-refractivity contribution >= 4 is 16.9 Å². The van der Waals surface area contributed by atoms with Crippen LogP contribution in [0.4, 0.5) is 0 Å². The summed E-state index contributed by atoms with van der Waals surface area (Å²) >= 11 is 0. The van der Waals surface area contributed by atoms with Crippen LogP contribution in [-0.4, -0.2) is 41.7 Å². The summed E-state index contributed by atoms with van der Waals surface area (Å²) in [4.78, 5) is 14.3. The average molecular weight is 313 g/mol. The molecule has 1 N–H and O–H groups in total. The van der Waals surface area contributed by atoms with E-state index < -0.39 is 0 Å². The minimum atomic E-state index is -0.124. The molecule has 2 heterocycles. The number of likely N-dealkylation sites (N-methyl/N-ethyl adjacent to an activating group) is 1. The number of fused-ring (bicyclic) bond motifs is 1. The van der Waals surface area contributed by atoms with E-state index in [4.69, 9.17) is 9.15 Å². The van der Waals surface area contributed by atoms with Crippen molar-refractivity contribution in [3.8, 4) is 5.75 Å². The van der Waals surface area contributed by atoms with Crippen LogP contribution in [0.2, 0.25) is 0 Å². The Labute approximate surface area is 134 Å². The van der Waals surface area contributed by atoms with Crippen LogP contribution in [-0.2, 0) is 6.42 Å². The molecule has 0 aliphatic heterocycles. The summed E-state index contributed by atoms with van der Waals surface area (Å²) in [5.41, 5.74) is 2.58. The summed E-state index contributed by atoms with van der Waals surface area (Å²) in [7, 11) is 3.38. The second-order valence-electron chi connectivity index (χ2n) is 5.50. The smallest absolute Gasteiger partial charge is 0.289 e. The lowest BCUT2D eigenvalue weighted by atomic mass is 10.1. The third-order valence-electron chi connectivity index (χ3n) is 3.98. The number of methoxy groups -OCH3 is 1. The highest BCUT2D eigenvalue weighted by molar-refractivity contribution is 5.99. The number of rotatable bonds is 5. The zero-order valence-corrected chi connectivity index (χ0v) is 13.4. The minimum Gasteiger partial charge on any atom is -0.497 e. The first-order valence-corrected chi connectivity index (χ1v) is 7.40. The van der Waals surface area contributed by atoms with Crippen LogP contribution in [0.5, 0.6) is 5.75 Å². The van der Waals surface area contributed by atoms with Crippen molar-refractivity contribution in [1.29, 1.82) is 0 Å². The van der Waals surface area contributed by atoms with Gasteiger partial charge < -0.3 is 14.1 Å². The fourth-order valence-corrected chi connectivity index (χ4v) is 2.52. The van der Waals surface area contributed by atoms with E-state index in [2.05, 4.69) is 10.2 Å². The Morgan fingerprint density at radius 1 is 1.43 bits per heavy atom. The molecule has 0 saturated carbocycles. The standard InChI is InChI=1S/C17H19N3O3/c1-11-14-5-4-13(22-3)8-15(14)23-16(11)17(21)20(2)7-6-12-9-18-19-10-12/h4-5,8-10H,6-7H2,1-3H3,(H,18,19). The molecule has 3 rings (SSSR count). The van der Waals surface area contributed by atoms with E-state index in [1.54, 1.807) is 31.3 Å². The van der Waals surface area contributed by atoms with Gasteiger partial charge in [0.15, 0.2) is 5.76 Å². The van der Waals surface area contributed by atoms with Gasteiger partial charge in [0.2, 0.25) is 0 Å². The first kappa shape index (κ1) is 15.1. The van der Waals surface area contributed by atoms with Crippen LogP contribution < -0.4 is 4.74 Å². The average Bonchev–Trinajstić information content (AvgIpc) is 3.19. The molecule has 6 nitrogen and oxygen atoms in total. The van der Waals surface area contributed by atoms with Gasteiger partial charge in [-0.25, -0.2) is 0 Å². The second-order valence-corrected chi connectivity index (χ2v) is 5.50. The highest BCUT2D eigenvalue weighted by atomic mass is 16.5. The Kier molecular flexibility index (Phi) is 4.06. The van der Waals surface area contributed by atoms with Crippen molar-refractivity contribution in [1.82, 2.24) is 15.1 Å². The molecule has 23 heavy (non-hydrogen) atoms. The normalized spacial score (nSPS) is 10.9. The highest BCUT2D eigenvalue weighted by Crippen LogP contribution is 2.29. The Hall–Kier alpha value is -2.76. The third-order valence-corrected chi connectivity index (χ3v) is 3.98. The molecule has 1 amide bonds. The van der Waals surface area contributed by atoms with Crippen LogP contribution in [0.3, 0.4) is 0 Å². The topological polar surface area (TPSA) is 71.4 Å². The number of hydrogen-bond acceptors (Lipinski definition) is 4. The number of aromatic amines is 1. The van der Waals surface area contributed by atoms with Gasteiger partial charge in [0.1, 0.15) is 11.3 Å². The Morgan fingerprint density at radius 3 is 2.96 bits per heavy atom. The molecule has 0 atom stereocenters. The van der Waals surface area contributed by atoms with Crippen LogP contribution in [0, 0.1) is 6.92 Å². The summed E-state index contributed by atoms with van der Waals surface area (Å²) < 4.78 is 11.0. The number of aryl methyl sites for hydroxylation is 1. The summed E-state index contributed by atoms with van der Waals surface area (Å²) in [5.74, 6) is 0.961. The maximum Gasteiger partial charge on any atom is 0.289 e. The summed E-state index contributed by atoms with van der Waals surface area (Å²) in [6.07, 6.45) is 4.33. The Balaban J connectivity index is 1.80. The van der Waals surface area contributed by atoms with Gasteiger partial charge in [-0.15, -0.1) is 0 Å². The number of H-pyrrole nitrogens is 1.